The first kappa shape index (κ1) is 16.1. The van der Waals surface area contributed by atoms with Crippen molar-refractivity contribution in [3.05, 3.63) is 34.9 Å². The van der Waals surface area contributed by atoms with Crippen LogP contribution in [0.2, 0.25) is 0 Å². The van der Waals surface area contributed by atoms with Gasteiger partial charge >= 0.3 is 5.97 Å². The summed E-state index contributed by atoms with van der Waals surface area (Å²) in [7, 11) is 2.35. The molecule has 0 saturated heterocycles. The molecule has 0 spiro atoms. The zero-order valence-electron chi connectivity index (χ0n) is 11.3. The summed E-state index contributed by atoms with van der Waals surface area (Å²) in [6, 6.07) is 5.37. The lowest BCUT2D eigenvalue weighted by Gasteiger charge is -2.16. The summed E-state index contributed by atoms with van der Waals surface area (Å²) in [5, 5.41) is 2.63. The van der Waals surface area contributed by atoms with Gasteiger partial charge in [-0.3, -0.25) is 4.79 Å². The number of rotatable bonds is 5. The predicted molar refractivity (Wildman–Crippen MR) is 81.3 cm³/mol. The molecule has 0 aliphatic carbocycles. The maximum Gasteiger partial charge on any atom is 0.331 e. The Hall–Kier alpha value is -0.980. The maximum absolute atomic E-state index is 11.8. The van der Waals surface area contributed by atoms with Gasteiger partial charge in [0, 0.05) is 13.3 Å². The highest BCUT2D eigenvalue weighted by atomic mass is 32.0. The van der Waals surface area contributed by atoms with Crippen molar-refractivity contribution in [2.45, 2.75) is 33.2 Å². The van der Waals surface area contributed by atoms with E-state index in [1.807, 2.05) is 32.0 Å². The zero-order chi connectivity index (χ0) is 14.4. The molecule has 1 amide bonds. The van der Waals surface area contributed by atoms with Crippen LogP contribution < -0.4 is 5.32 Å². The second kappa shape index (κ2) is 7.57. The molecule has 0 fully saturated rings. The molecule has 0 aliphatic heterocycles. The second-order valence-corrected chi connectivity index (χ2v) is 5.56. The van der Waals surface area contributed by atoms with E-state index in [9.17, 15) is 9.59 Å². The van der Waals surface area contributed by atoms with E-state index in [-0.39, 0.29) is 14.4 Å². The molecule has 3 unspecified atom stereocenters. The van der Waals surface area contributed by atoms with Crippen LogP contribution >= 0.6 is 17.4 Å². The standard InChI is InChI=1S/C13H19NO3P2/c1-8-4-5-11(6-9(8)2)7-12(14-10(3)15)13(16)17-19-18/h4-6,12,19H,7,18H2,1-3H3,(H,14,15). The van der Waals surface area contributed by atoms with Crippen molar-refractivity contribution in [1.29, 1.82) is 0 Å². The summed E-state index contributed by atoms with van der Waals surface area (Å²) in [4.78, 5) is 22.9. The van der Waals surface area contributed by atoms with Gasteiger partial charge in [-0.2, -0.15) is 0 Å². The first-order valence-corrected chi connectivity index (χ1v) is 8.65. The molecule has 0 saturated carbocycles. The van der Waals surface area contributed by atoms with Crippen LogP contribution in [0.25, 0.3) is 0 Å². The van der Waals surface area contributed by atoms with Crippen LogP contribution in [0.5, 0.6) is 0 Å². The molecule has 0 heterocycles. The minimum atomic E-state index is -0.632. The molecular weight excluding hydrogens is 280 g/mol. The SMILES string of the molecule is CC(=O)NC(Cc1ccc(C)c(C)c1)C(=O)OPP. The molecule has 0 bridgehead atoms. The topological polar surface area (TPSA) is 55.4 Å². The van der Waals surface area contributed by atoms with E-state index < -0.39 is 12.0 Å². The van der Waals surface area contributed by atoms with Crippen molar-refractivity contribution in [2.24, 2.45) is 0 Å². The van der Waals surface area contributed by atoms with Crippen LogP contribution in [0, 0.1) is 13.8 Å². The number of carbonyl (C=O) groups is 2. The third kappa shape index (κ3) is 5.26. The number of amides is 1. The van der Waals surface area contributed by atoms with Crippen molar-refractivity contribution >= 4 is 29.3 Å². The van der Waals surface area contributed by atoms with E-state index in [2.05, 4.69) is 14.2 Å². The molecule has 6 heteroatoms. The number of carbonyl (C=O) groups excluding carboxylic acids is 2. The summed E-state index contributed by atoms with van der Waals surface area (Å²) >= 11 is 0. The Morgan fingerprint density at radius 1 is 1.37 bits per heavy atom. The molecule has 1 aromatic rings. The number of nitrogens with one attached hydrogen (secondary N) is 1. The Morgan fingerprint density at radius 2 is 2.05 bits per heavy atom. The molecule has 3 atom stereocenters. The van der Waals surface area contributed by atoms with Crippen LogP contribution in [0.3, 0.4) is 0 Å². The third-order valence-corrected chi connectivity index (χ3v) is 3.51. The van der Waals surface area contributed by atoms with Gasteiger partial charge in [-0.1, -0.05) is 27.1 Å². The highest BCUT2D eigenvalue weighted by Gasteiger charge is 2.21. The molecule has 1 aromatic carbocycles. The Morgan fingerprint density at radius 3 is 2.58 bits per heavy atom. The van der Waals surface area contributed by atoms with Gasteiger partial charge in [0.2, 0.25) is 5.91 Å². The fourth-order valence-electron chi connectivity index (χ4n) is 1.73. The van der Waals surface area contributed by atoms with Crippen LogP contribution in [-0.2, 0) is 20.5 Å². The largest absolute Gasteiger partial charge is 0.443 e. The van der Waals surface area contributed by atoms with Crippen molar-refractivity contribution in [1.82, 2.24) is 5.32 Å². The normalized spacial score (nSPS) is 12.4. The molecular formula is C13H19NO3P2. The first-order chi connectivity index (χ1) is 8.93. The smallest absolute Gasteiger partial charge is 0.331 e. The summed E-state index contributed by atoms with van der Waals surface area (Å²) < 4.78 is 4.97. The van der Waals surface area contributed by atoms with Crippen LogP contribution in [-0.4, -0.2) is 17.9 Å². The van der Waals surface area contributed by atoms with Crippen molar-refractivity contribution < 1.29 is 14.1 Å². The Kier molecular flexibility index (Phi) is 6.41. The number of hydrogen-bond donors (Lipinski definition) is 1. The van der Waals surface area contributed by atoms with E-state index in [0.717, 1.165) is 5.56 Å². The quantitative estimate of drug-likeness (QED) is 0.849. The van der Waals surface area contributed by atoms with Gasteiger partial charge < -0.3 is 9.84 Å². The van der Waals surface area contributed by atoms with Gasteiger partial charge in [0.25, 0.3) is 0 Å². The van der Waals surface area contributed by atoms with Gasteiger partial charge in [-0.15, -0.1) is 0 Å². The summed E-state index contributed by atoms with van der Waals surface area (Å²) in [5.74, 6) is -0.639. The summed E-state index contributed by atoms with van der Waals surface area (Å²) in [6.45, 7) is 5.45. The highest BCUT2D eigenvalue weighted by Crippen LogP contribution is 2.22. The molecule has 0 aromatic heterocycles. The van der Waals surface area contributed by atoms with Crippen molar-refractivity contribution in [2.75, 3.05) is 0 Å². The van der Waals surface area contributed by atoms with Crippen molar-refractivity contribution in [3.63, 3.8) is 0 Å². The molecule has 104 valence electrons. The molecule has 0 radical (unpaired) electrons. The number of benzene rings is 1. The Labute approximate surface area is 117 Å². The van der Waals surface area contributed by atoms with Gasteiger partial charge in [0.15, 0.2) is 0 Å². The van der Waals surface area contributed by atoms with Crippen molar-refractivity contribution in [3.8, 4) is 0 Å². The first-order valence-electron chi connectivity index (χ1n) is 5.93. The minimum absolute atomic E-state index is 0.000309. The zero-order valence-corrected chi connectivity index (χ0v) is 13.5. The number of aryl methyl sites for hydroxylation is 2. The van der Waals surface area contributed by atoms with E-state index in [4.69, 9.17) is 4.52 Å². The third-order valence-electron chi connectivity index (χ3n) is 2.83. The Balaban J connectivity index is 2.83. The van der Waals surface area contributed by atoms with Crippen LogP contribution in [0.1, 0.15) is 23.6 Å². The number of hydrogen-bond acceptors (Lipinski definition) is 3. The molecule has 0 aliphatic rings. The predicted octanol–water partition coefficient (Wildman–Crippen LogP) is 2.28. The van der Waals surface area contributed by atoms with Gasteiger partial charge in [-0.05, 0) is 30.5 Å². The van der Waals surface area contributed by atoms with Crippen LogP contribution in [0.15, 0.2) is 18.2 Å². The minimum Gasteiger partial charge on any atom is -0.443 e. The average molecular weight is 299 g/mol. The van der Waals surface area contributed by atoms with Gasteiger partial charge in [0.05, 0.1) is 8.50 Å². The maximum atomic E-state index is 11.8. The fraction of sp³-hybridized carbons (Fsp3) is 0.385. The average Bonchev–Trinajstić information content (AvgIpc) is 2.33. The van der Waals surface area contributed by atoms with E-state index in [0.29, 0.717) is 6.42 Å². The van der Waals surface area contributed by atoms with Gasteiger partial charge in [-0.25, -0.2) is 4.79 Å². The lowest BCUT2D eigenvalue weighted by molar-refractivity contribution is -0.138. The van der Waals surface area contributed by atoms with Crippen LogP contribution in [0.4, 0.5) is 0 Å². The molecule has 4 nitrogen and oxygen atoms in total. The van der Waals surface area contributed by atoms with E-state index in [1.165, 1.54) is 18.1 Å². The van der Waals surface area contributed by atoms with Gasteiger partial charge in [0.1, 0.15) is 6.04 Å². The molecule has 1 rings (SSSR count). The Bertz CT molecular complexity index is 477. The molecule has 1 N–H and O–H groups in total. The second-order valence-electron chi connectivity index (χ2n) is 4.41. The summed E-state index contributed by atoms with van der Waals surface area (Å²) in [5.41, 5.74) is 3.38. The van der Waals surface area contributed by atoms with E-state index in [1.54, 1.807) is 0 Å². The van der Waals surface area contributed by atoms with E-state index >= 15 is 0 Å². The monoisotopic (exact) mass is 299 g/mol. The fourth-order valence-corrected chi connectivity index (χ4v) is 2.34. The molecule has 19 heavy (non-hydrogen) atoms. The highest BCUT2D eigenvalue weighted by molar-refractivity contribution is 8.00. The summed E-state index contributed by atoms with van der Waals surface area (Å²) in [6.07, 6.45) is 0.439. The lowest BCUT2D eigenvalue weighted by Crippen LogP contribution is -2.41. The lowest BCUT2D eigenvalue weighted by atomic mass is 10.0.